The number of anilines is 1. The molecule has 31 heavy (non-hydrogen) atoms. The molecular formula is C21H20F3N3O4. The maximum Gasteiger partial charge on any atom is 0.416 e. The molecule has 0 bridgehead atoms. The van der Waals surface area contributed by atoms with E-state index in [0.29, 0.717) is 17.2 Å². The molecular weight excluding hydrogens is 415 g/mol. The number of hydrogen-bond donors (Lipinski definition) is 1. The minimum Gasteiger partial charge on any atom is -0.496 e. The number of carbonyl (C=O) groups excluding carboxylic acids is 1. The monoisotopic (exact) mass is 435 g/mol. The van der Waals surface area contributed by atoms with E-state index >= 15 is 0 Å². The summed E-state index contributed by atoms with van der Waals surface area (Å²) in [6.07, 6.45) is -4.51. The number of nitrogens with zero attached hydrogens (tertiary/aromatic N) is 2. The van der Waals surface area contributed by atoms with Crippen LogP contribution in [0.1, 0.15) is 21.6 Å². The van der Waals surface area contributed by atoms with Gasteiger partial charge in [-0.3, -0.25) is 4.79 Å². The molecule has 1 aromatic heterocycles. The number of methoxy groups -OCH3 is 3. The number of aryl methyl sites for hydroxylation is 1. The number of carbonyl (C=O) groups is 1. The van der Waals surface area contributed by atoms with E-state index in [2.05, 4.69) is 10.4 Å². The van der Waals surface area contributed by atoms with Gasteiger partial charge in [-0.15, -0.1) is 0 Å². The van der Waals surface area contributed by atoms with Crippen LogP contribution in [0.4, 0.5) is 19.0 Å². The van der Waals surface area contributed by atoms with Gasteiger partial charge in [-0.25, -0.2) is 4.68 Å². The van der Waals surface area contributed by atoms with Crippen LogP contribution in [-0.4, -0.2) is 37.0 Å². The van der Waals surface area contributed by atoms with Crippen molar-refractivity contribution in [2.75, 3.05) is 26.6 Å². The Labute approximate surface area is 176 Å². The van der Waals surface area contributed by atoms with Crippen molar-refractivity contribution in [3.63, 3.8) is 0 Å². The SMILES string of the molecule is COc1cc(OC)c(C(=O)Nc2cc(C)nn2-c2cccc(C(F)(F)F)c2)cc1OC. The topological polar surface area (TPSA) is 74.6 Å². The van der Waals surface area contributed by atoms with Crippen molar-refractivity contribution in [3.8, 4) is 22.9 Å². The second-order valence-electron chi connectivity index (χ2n) is 6.49. The lowest BCUT2D eigenvalue weighted by atomic mass is 10.1. The summed E-state index contributed by atoms with van der Waals surface area (Å²) < 4.78 is 56.3. The van der Waals surface area contributed by atoms with Crippen molar-refractivity contribution < 1.29 is 32.2 Å². The van der Waals surface area contributed by atoms with Crippen molar-refractivity contribution in [1.29, 1.82) is 0 Å². The third-order valence-corrected chi connectivity index (χ3v) is 4.44. The maximum atomic E-state index is 13.1. The predicted molar refractivity (Wildman–Crippen MR) is 107 cm³/mol. The van der Waals surface area contributed by atoms with Gasteiger partial charge in [-0.05, 0) is 25.1 Å². The number of hydrogen-bond acceptors (Lipinski definition) is 5. The molecule has 3 rings (SSSR count). The van der Waals surface area contributed by atoms with Gasteiger partial charge in [0.2, 0.25) is 0 Å². The van der Waals surface area contributed by atoms with E-state index in [1.165, 1.54) is 50.3 Å². The zero-order valence-corrected chi connectivity index (χ0v) is 17.2. The third kappa shape index (κ3) is 4.57. The van der Waals surface area contributed by atoms with Crippen LogP contribution in [0.2, 0.25) is 0 Å². The third-order valence-electron chi connectivity index (χ3n) is 4.44. The zero-order chi connectivity index (χ0) is 22.8. The van der Waals surface area contributed by atoms with Gasteiger partial charge in [-0.2, -0.15) is 18.3 Å². The average Bonchev–Trinajstić information content (AvgIpc) is 3.11. The number of rotatable bonds is 6. The van der Waals surface area contributed by atoms with Gasteiger partial charge in [0.1, 0.15) is 11.6 Å². The molecule has 0 aliphatic heterocycles. The predicted octanol–water partition coefficient (Wildman–Crippen LogP) is 4.48. The maximum absolute atomic E-state index is 13.1. The highest BCUT2D eigenvalue weighted by molar-refractivity contribution is 6.06. The fraction of sp³-hybridized carbons (Fsp3) is 0.238. The molecule has 0 spiro atoms. The highest BCUT2D eigenvalue weighted by Gasteiger charge is 2.31. The average molecular weight is 435 g/mol. The van der Waals surface area contributed by atoms with E-state index in [-0.39, 0.29) is 22.8 Å². The van der Waals surface area contributed by atoms with E-state index in [1.807, 2.05) is 0 Å². The summed E-state index contributed by atoms with van der Waals surface area (Å²) in [5.74, 6) is 0.554. The first kappa shape index (κ1) is 22.0. The fourth-order valence-electron chi connectivity index (χ4n) is 2.99. The van der Waals surface area contributed by atoms with Gasteiger partial charge >= 0.3 is 6.18 Å². The Balaban J connectivity index is 2.00. The molecule has 0 saturated heterocycles. The molecule has 1 heterocycles. The highest BCUT2D eigenvalue weighted by atomic mass is 19.4. The summed E-state index contributed by atoms with van der Waals surface area (Å²) >= 11 is 0. The molecule has 0 fully saturated rings. The zero-order valence-electron chi connectivity index (χ0n) is 17.2. The van der Waals surface area contributed by atoms with Crippen molar-refractivity contribution >= 4 is 11.7 Å². The lowest BCUT2D eigenvalue weighted by Crippen LogP contribution is -2.16. The molecule has 3 aromatic rings. The largest absolute Gasteiger partial charge is 0.496 e. The molecule has 0 saturated carbocycles. The molecule has 1 N–H and O–H groups in total. The van der Waals surface area contributed by atoms with E-state index in [0.717, 1.165) is 12.1 Å². The summed E-state index contributed by atoms with van der Waals surface area (Å²) in [5, 5.41) is 6.88. The quantitative estimate of drug-likeness (QED) is 0.618. The summed E-state index contributed by atoms with van der Waals surface area (Å²) in [7, 11) is 4.28. The van der Waals surface area contributed by atoms with Crippen molar-refractivity contribution in [2.24, 2.45) is 0 Å². The lowest BCUT2D eigenvalue weighted by molar-refractivity contribution is -0.137. The molecule has 164 valence electrons. The minimum absolute atomic E-state index is 0.148. The van der Waals surface area contributed by atoms with Crippen LogP contribution in [-0.2, 0) is 6.18 Å². The Morgan fingerprint density at radius 3 is 2.23 bits per heavy atom. The summed E-state index contributed by atoms with van der Waals surface area (Å²) in [4.78, 5) is 13.0. The first-order valence-electron chi connectivity index (χ1n) is 9.03. The molecule has 1 amide bonds. The number of ether oxygens (including phenoxy) is 3. The molecule has 0 aliphatic rings. The molecule has 10 heteroatoms. The fourth-order valence-corrected chi connectivity index (χ4v) is 2.99. The standard InChI is InChI=1S/C21H20F3N3O4/c1-12-8-19(27(26-12)14-7-5-6-13(9-14)21(22,23)24)25-20(28)15-10-17(30-3)18(31-4)11-16(15)29-2/h5-11H,1-4H3,(H,25,28). The van der Waals surface area contributed by atoms with Gasteiger partial charge < -0.3 is 19.5 Å². The van der Waals surface area contributed by atoms with Gasteiger partial charge in [-0.1, -0.05) is 6.07 Å². The van der Waals surface area contributed by atoms with Crippen LogP contribution < -0.4 is 19.5 Å². The normalized spacial score (nSPS) is 11.2. The van der Waals surface area contributed by atoms with Gasteiger partial charge in [0, 0.05) is 18.2 Å². The number of amides is 1. The van der Waals surface area contributed by atoms with Crippen LogP contribution >= 0.6 is 0 Å². The van der Waals surface area contributed by atoms with Crippen LogP contribution in [0.5, 0.6) is 17.2 Å². The molecule has 2 aromatic carbocycles. The van der Waals surface area contributed by atoms with E-state index in [1.54, 1.807) is 13.0 Å². The van der Waals surface area contributed by atoms with Crippen LogP contribution in [0.25, 0.3) is 5.69 Å². The summed E-state index contributed by atoms with van der Waals surface area (Å²) in [6, 6.07) is 9.16. The first-order chi connectivity index (χ1) is 14.7. The Bertz CT molecular complexity index is 1110. The van der Waals surface area contributed by atoms with Crippen LogP contribution in [0.15, 0.2) is 42.5 Å². The molecule has 0 atom stereocenters. The Hall–Kier alpha value is -3.69. The minimum atomic E-state index is -4.51. The smallest absolute Gasteiger partial charge is 0.416 e. The highest BCUT2D eigenvalue weighted by Crippen LogP contribution is 2.35. The van der Waals surface area contributed by atoms with E-state index in [4.69, 9.17) is 14.2 Å². The lowest BCUT2D eigenvalue weighted by Gasteiger charge is -2.15. The Morgan fingerprint density at radius 2 is 1.61 bits per heavy atom. The molecule has 0 radical (unpaired) electrons. The Kier molecular flexibility index (Phi) is 6.09. The van der Waals surface area contributed by atoms with Crippen LogP contribution in [0, 0.1) is 6.92 Å². The summed E-state index contributed by atoms with van der Waals surface area (Å²) in [5.41, 5.74) is -0.0175. The van der Waals surface area contributed by atoms with E-state index in [9.17, 15) is 18.0 Å². The first-order valence-corrected chi connectivity index (χ1v) is 9.03. The van der Waals surface area contributed by atoms with Gasteiger partial charge in [0.25, 0.3) is 5.91 Å². The van der Waals surface area contributed by atoms with E-state index < -0.39 is 17.6 Å². The molecule has 0 aliphatic carbocycles. The van der Waals surface area contributed by atoms with Crippen LogP contribution in [0.3, 0.4) is 0 Å². The second kappa shape index (κ2) is 8.58. The van der Waals surface area contributed by atoms with Gasteiger partial charge in [0.15, 0.2) is 11.5 Å². The van der Waals surface area contributed by atoms with Crippen molar-refractivity contribution in [3.05, 3.63) is 59.3 Å². The Morgan fingerprint density at radius 1 is 0.968 bits per heavy atom. The van der Waals surface area contributed by atoms with Gasteiger partial charge in [0.05, 0.1) is 43.8 Å². The second-order valence-corrected chi connectivity index (χ2v) is 6.49. The number of nitrogens with one attached hydrogen (secondary N) is 1. The van der Waals surface area contributed by atoms with Crippen molar-refractivity contribution in [1.82, 2.24) is 9.78 Å². The number of aromatic nitrogens is 2. The summed E-state index contributed by atoms with van der Waals surface area (Å²) in [6.45, 7) is 1.66. The number of alkyl halides is 3. The number of halogens is 3. The number of benzene rings is 2. The molecule has 0 unspecified atom stereocenters. The molecule has 7 nitrogen and oxygen atoms in total. The van der Waals surface area contributed by atoms with Crippen molar-refractivity contribution in [2.45, 2.75) is 13.1 Å².